The van der Waals surface area contributed by atoms with E-state index >= 15 is 0 Å². The fourth-order valence-electron chi connectivity index (χ4n) is 1.67. The van der Waals surface area contributed by atoms with Crippen molar-refractivity contribution in [1.82, 2.24) is 0 Å². The minimum absolute atomic E-state index is 0.0751. The van der Waals surface area contributed by atoms with Gasteiger partial charge in [0.25, 0.3) is 10.1 Å². The maximum Gasteiger partial charge on any atom is 0.446 e. The zero-order valence-electron chi connectivity index (χ0n) is 9.22. The molecule has 2 aromatic carbocycles. The van der Waals surface area contributed by atoms with Gasteiger partial charge in [-0.15, -0.1) is 0 Å². The summed E-state index contributed by atoms with van der Waals surface area (Å²) in [6.07, 6.45) is 0. The maximum absolute atomic E-state index is 11.4. The Kier molecular flexibility index (Phi) is 3.22. The molecule has 0 saturated carbocycles. The van der Waals surface area contributed by atoms with E-state index < -0.39 is 31.2 Å². The molecule has 0 aromatic heterocycles. The fraction of sp³-hybridized carbons (Fsp3) is 0. The second-order valence-corrected chi connectivity index (χ2v) is 5.98. The van der Waals surface area contributed by atoms with E-state index in [0.29, 0.717) is 5.39 Å². The molecule has 0 aliphatic heterocycles. The van der Waals surface area contributed by atoms with Crippen molar-refractivity contribution in [2.75, 3.05) is 0 Å². The molecule has 0 spiro atoms. The normalized spacial score (nSPS) is 12.5. The van der Waals surface area contributed by atoms with Gasteiger partial charge in [-0.05, 0) is 11.5 Å². The summed E-state index contributed by atoms with van der Waals surface area (Å²) in [6, 6.07) is 8.51. The van der Waals surface area contributed by atoms with Gasteiger partial charge in [-0.3, -0.25) is 9.11 Å². The third kappa shape index (κ3) is 3.01. The van der Waals surface area contributed by atoms with Crippen molar-refractivity contribution in [2.45, 2.75) is 4.90 Å². The zero-order chi connectivity index (χ0) is 14.3. The van der Waals surface area contributed by atoms with Crippen LogP contribution in [-0.4, -0.2) is 25.9 Å². The van der Waals surface area contributed by atoms with Gasteiger partial charge in [-0.25, -0.2) is 0 Å². The van der Waals surface area contributed by atoms with Gasteiger partial charge in [0, 0.05) is 5.39 Å². The number of benzene rings is 2. The van der Waals surface area contributed by atoms with Crippen LogP contribution in [0.3, 0.4) is 0 Å². The van der Waals surface area contributed by atoms with E-state index in [4.69, 9.17) is 4.55 Å². The largest absolute Gasteiger partial charge is 0.446 e. The lowest BCUT2D eigenvalue weighted by atomic mass is 10.1. The summed E-state index contributed by atoms with van der Waals surface area (Å²) in [4.78, 5) is -0.719. The highest BCUT2D eigenvalue weighted by Gasteiger charge is 2.23. The van der Waals surface area contributed by atoms with Gasteiger partial charge in [0.15, 0.2) is 5.75 Å². The third-order valence-corrected chi connectivity index (χ3v) is 3.62. The lowest BCUT2D eigenvalue weighted by Crippen LogP contribution is -2.10. The molecule has 0 atom stereocenters. The third-order valence-electron chi connectivity index (χ3n) is 2.30. The molecular formula is C10H8O7S2. The molecule has 0 bridgehead atoms. The number of hydrogen-bond acceptors (Lipinski definition) is 5. The Morgan fingerprint density at radius 3 is 2.11 bits per heavy atom. The Labute approximate surface area is 109 Å². The molecule has 0 amide bonds. The van der Waals surface area contributed by atoms with Crippen LogP contribution in [0.2, 0.25) is 0 Å². The first kappa shape index (κ1) is 13.7. The van der Waals surface area contributed by atoms with Crippen LogP contribution in [0.4, 0.5) is 0 Å². The van der Waals surface area contributed by atoms with E-state index in [9.17, 15) is 21.4 Å². The average Bonchev–Trinajstić information content (AvgIpc) is 2.24. The quantitative estimate of drug-likeness (QED) is 0.819. The smallest absolute Gasteiger partial charge is 0.360 e. The van der Waals surface area contributed by atoms with Crippen LogP contribution >= 0.6 is 0 Å². The van der Waals surface area contributed by atoms with E-state index in [-0.39, 0.29) is 5.39 Å². The van der Waals surface area contributed by atoms with Crippen molar-refractivity contribution in [2.24, 2.45) is 0 Å². The molecule has 0 aliphatic rings. The van der Waals surface area contributed by atoms with Crippen LogP contribution in [0.1, 0.15) is 0 Å². The van der Waals surface area contributed by atoms with Crippen molar-refractivity contribution in [1.29, 1.82) is 0 Å². The Hall–Kier alpha value is -1.68. The van der Waals surface area contributed by atoms with Gasteiger partial charge >= 0.3 is 10.4 Å². The molecule has 0 heterocycles. The summed E-state index contributed by atoms with van der Waals surface area (Å²) in [5, 5.41) is 0.531. The maximum atomic E-state index is 11.4. The Bertz CT molecular complexity index is 837. The highest BCUT2D eigenvalue weighted by Crippen LogP contribution is 2.32. The molecular weight excluding hydrogens is 296 g/mol. The number of hydrogen-bond donors (Lipinski definition) is 2. The van der Waals surface area contributed by atoms with Crippen molar-refractivity contribution in [3.63, 3.8) is 0 Å². The molecule has 0 aliphatic carbocycles. The second kappa shape index (κ2) is 4.46. The van der Waals surface area contributed by atoms with Gasteiger partial charge < -0.3 is 4.18 Å². The minimum atomic E-state index is -4.90. The lowest BCUT2D eigenvalue weighted by molar-refractivity contribution is 0.382. The van der Waals surface area contributed by atoms with Crippen molar-refractivity contribution in [3.05, 3.63) is 36.4 Å². The van der Waals surface area contributed by atoms with Crippen molar-refractivity contribution in [3.8, 4) is 5.75 Å². The highest BCUT2D eigenvalue weighted by molar-refractivity contribution is 7.86. The molecule has 7 nitrogen and oxygen atoms in total. The first-order valence-corrected chi connectivity index (χ1v) is 7.65. The van der Waals surface area contributed by atoms with E-state index in [1.165, 1.54) is 18.2 Å². The van der Waals surface area contributed by atoms with Crippen molar-refractivity contribution >= 4 is 31.3 Å². The fourth-order valence-corrected chi connectivity index (χ4v) is 2.91. The molecule has 9 heteroatoms. The van der Waals surface area contributed by atoms with Crippen LogP contribution in [-0.2, 0) is 20.5 Å². The summed E-state index contributed by atoms with van der Waals surface area (Å²) in [6.45, 7) is 0. The van der Waals surface area contributed by atoms with Crippen molar-refractivity contribution < 1.29 is 30.1 Å². The van der Waals surface area contributed by atoms with Gasteiger partial charge in [-0.2, -0.15) is 16.8 Å². The Balaban J connectivity index is 2.86. The van der Waals surface area contributed by atoms with Crippen LogP contribution in [0.5, 0.6) is 5.75 Å². The van der Waals surface area contributed by atoms with Crippen LogP contribution < -0.4 is 4.18 Å². The topological polar surface area (TPSA) is 118 Å². The van der Waals surface area contributed by atoms with Crippen LogP contribution in [0.25, 0.3) is 10.8 Å². The first-order chi connectivity index (χ1) is 8.68. The summed E-state index contributed by atoms with van der Waals surface area (Å²) < 4.78 is 66.0. The first-order valence-electron chi connectivity index (χ1n) is 4.84. The SMILES string of the molecule is O=S(=O)(O)Oc1ccc2ccccc2c1S(=O)(=O)O. The van der Waals surface area contributed by atoms with E-state index in [1.807, 2.05) is 0 Å². The van der Waals surface area contributed by atoms with E-state index in [1.54, 1.807) is 12.1 Å². The molecule has 0 saturated heterocycles. The summed E-state index contributed by atoms with van der Waals surface area (Å²) in [5.41, 5.74) is 0. The lowest BCUT2D eigenvalue weighted by Gasteiger charge is -2.09. The molecule has 19 heavy (non-hydrogen) atoms. The summed E-state index contributed by atoms with van der Waals surface area (Å²) in [5.74, 6) is -0.677. The highest BCUT2D eigenvalue weighted by atomic mass is 32.3. The van der Waals surface area contributed by atoms with Gasteiger partial charge in [-0.1, -0.05) is 30.3 Å². The van der Waals surface area contributed by atoms with Crippen LogP contribution in [0, 0.1) is 0 Å². The second-order valence-electron chi connectivity index (χ2n) is 3.60. The predicted molar refractivity (Wildman–Crippen MR) is 65.9 cm³/mol. The monoisotopic (exact) mass is 304 g/mol. The number of rotatable bonds is 3. The van der Waals surface area contributed by atoms with E-state index in [0.717, 1.165) is 6.07 Å². The molecule has 0 fully saturated rings. The summed E-state index contributed by atoms with van der Waals surface area (Å²) >= 11 is 0. The number of fused-ring (bicyclic) bond motifs is 1. The molecule has 2 aromatic rings. The van der Waals surface area contributed by atoms with Gasteiger partial charge in [0.2, 0.25) is 0 Å². The molecule has 102 valence electrons. The average molecular weight is 304 g/mol. The van der Waals surface area contributed by atoms with Crippen LogP contribution in [0.15, 0.2) is 41.3 Å². The van der Waals surface area contributed by atoms with Gasteiger partial charge in [0.1, 0.15) is 4.90 Å². The zero-order valence-corrected chi connectivity index (χ0v) is 10.8. The standard InChI is InChI=1S/C10H8O7S2/c11-18(12,13)10-8-4-2-1-3-7(8)5-6-9(10)17-19(14,15)16/h1-6H,(H,11,12,13)(H,14,15,16). The minimum Gasteiger partial charge on any atom is -0.360 e. The molecule has 0 radical (unpaired) electrons. The van der Waals surface area contributed by atoms with E-state index in [2.05, 4.69) is 4.18 Å². The van der Waals surface area contributed by atoms with Gasteiger partial charge in [0.05, 0.1) is 0 Å². The molecule has 0 unspecified atom stereocenters. The molecule has 2 rings (SSSR count). The Morgan fingerprint density at radius 2 is 1.53 bits per heavy atom. The predicted octanol–water partition coefficient (Wildman–Crippen LogP) is 1.27. The summed E-state index contributed by atoms with van der Waals surface area (Å²) in [7, 11) is -9.64. The Morgan fingerprint density at radius 1 is 0.895 bits per heavy atom. The molecule has 2 N–H and O–H groups in total.